The van der Waals surface area contributed by atoms with Crippen molar-refractivity contribution in [2.24, 2.45) is 33.7 Å². The van der Waals surface area contributed by atoms with Gasteiger partial charge in [-0.05, 0) is 82.3 Å². The summed E-state index contributed by atoms with van der Waals surface area (Å²) in [5.41, 5.74) is 27.5. The second kappa shape index (κ2) is 34.9. The number of aliphatic carboxylic acids is 1. The molecule has 1 aromatic rings. The summed E-state index contributed by atoms with van der Waals surface area (Å²) in [5, 5.41) is 41.3. The third-order valence-electron chi connectivity index (χ3n) is 7.68. The van der Waals surface area contributed by atoms with E-state index in [-0.39, 0.29) is 109 Å². The summed E-state index contributed by atoms with van der Waals surface area (Å²) in [5.74, 6) is -4.53. The number of aliphatic hydroxyl groups is 1. The summed E-state index contributed by atoms with van der Waals surface area (Å²) in [7, 11) is 3.62. The van der Waals surface area contributed by atoms with Crippen molar-refractivity contribution in [1.82, 2.24) is 26.6 Å². The molecule has 55 heavy (non-hydrogen) atoms. The van der Waals surface area contributed by atoms with Gasteiger partial charge in [0.2, 0.25) is 23.6 Å². The van der Waals surface area contributed by atoms with E-state index in [1.165, 1.54) is 12.1 Å². The number of carbonyl (C=O) groups is 5. The van der Waals surface area contributed by atoms with E-state index in [2.05, 4.69) is 45.5 Å². The van der Waals surface area contributed by atoms with E-state index in [0.29, 0.717) is 57.3 Å². The zero-order chi connectivity index (χ0) is 40.2. The summed E-state index contributed by atoms with van der Waals surface area (Å²) in [6, 6.07) is -0.0949. The third-order valence-corrected chi connectivity index (χ3v) is 7.68. The van der Waals surface area contributed by atoms with Crippen molar-refractivity contribution >= 4 is 35.6 Å². The number of rotatable bonds is 26. The molecule has 0 aliphatic carbocycles. The van der Waals surface area contributed by atoms with Gasteiger partial charge < -0.3 is 77.5 Å². The predicted octanol–water partition coefficient (Wildman–Crippen LogP) is -2.82. The fourth-order valence-electron chi connectivity index (χ4n) is 4.70. The molecule has 0 aromatic heterocycles. The average Bonchev–Trinajstić information content (AvgIpc) is 3.13. The number of phenols is 1. The topological polar surface area (TPSA) is 349 Å². The van der Waals surface area contributed by atoms with E-state index in [9.17, 15) is 39.3 Å². The molecule has 0 bridgehead atoms. The third kappa shape index (κ3) is 26.2. The molecule has 4 amide bonds. The number of aliphatic hydroxyl groups excluding tert-OH is 1. The number of phenolic OH excluding ortho intramolecular Hbond substituents is 1. The van der Waals surface area contributed by atoms with Crippen LogP contribution in [0, 0.1) is 14.0 Å². The van der Waals surface area contributed by atoms with E-state index < -0.39 is 66.4 Å². The van der Waals surface area contributed by atoms with Gasteiger partial charge in [0.15, 0.2) is 5.96 Å². The van der Waals surface area contributed by atoms with E-state index in [0.717, 1.165) is 6.42 Å². The maximum absolute atomic E-state index is 13.8. The van der Waals surface area contributed by atoms with Gasteiger partial charge in [-0.25, -0.2) is 4.79 Å². The molecule has 0 saturated carbocycles. The minimum Gasteiger partial charge on any atom is -0.508 e. The number of nitrogens with two attached hydrogens (primary N) is 5. The number of unbranched alkanes of at least 4 members (excludes halogenated alkanes) is 2. The van der Waals surface area contributed by atoms with Crippen molar-refractivity contribution in [1.29, 1.82) is 0 Å². The van der Waals surface area contributed by atoms with Crippen LogP contribution in [0.2, 0.25) is 0 Å². The van der Waals surface area contributed by atoms with Crippen molar-refractivity contribution in [3.63, 3.8) is 0 Å². The molecule has 21 heteroatoms. The first-order valence-electron chi connectivity index (χ1n) is 17.6. The smallest absolute Gasteiger partial charge is 0.328 e. The van der Waals surface area contributed by atoms with Crippen LogP contribution in [-0.4, -0.2) is 114 Å². The summed E-state index contributed by atoms with van der Waals surface area (Å²) >= 11 is 0. The zero-order valence-corrected chi connectivity index (χ0v) is 37.3. The van der Waals surface area contributed by atoms with Crippen molar-refractivity contribution in [2.45, 2.75) is 94.4 Å². The quantitative estimate of drug-likeness (QED) is 0.0193. The maximum atomic E-state index is 13.8. The molecule has 0 saturated heterocycles. The Morgan fingerprint density at radius 1 is 0.673 bits per heavy atom. The van der Waals surface area contributed by atoms with Gasteiger partial charge in [-0.1, -0.05) is 18.6 Å². The van der Waals surface area contributed by atoms with Crippen LogP contribution in [0.4, 0.5) is 0 Å². The minimum atomic E-state index is -1.64. The molecule has 0 heterocycles. The maximum Gasteiger partial charge on any atom is 0.328 e. The molecule has 18 N–H and O–H groups in total. The Balaban J connectivity index is -0.00000428. The van der Waals surface area contributed by atoms with E-state index in [1.54, 1.807) is 12.1 Å². The summed E-state index contributed by atoms with van der Waals surface area (Å²) in [6.45, 7) is 4.21. The van der Waals surface area contributed by atoms with Gasteiger partial charge in [-0.3, -0.25) is 31.2 Å². The number of benzene rings is 1. The average molecular weight is 930 g/mol. The first-order chi connectivity index (χ1) is 25.3. The molecule has 0 aliphatic heterocycles. The van der Waals surface area contributed by atoms with Gasteiger partial charge in [0.25, 0.3) is 0 Å². The van der Waals surface area contributed by atoms with Gasteiger partial charge in [0.05, 0.1) is 12.6 Å². The van der Waals surface area contributed by atoms with Crippen LogP contribution in [0.15, 0.2) is 29.3 Å². The number of carboxylic acids is 1. The number of carbonyl (C=O) groups excluding carboxylic acids is 4. The van der Waals surface area contributed by atoms with Crippen LogP contribution in [0.3, 0.4) is 0 Å². The molecule has 308 valence electrons. The molecule has 1 rings (SSSR count). The number of hydrogen-bond acceptors (Lipinski definition) is 12. The van der Waals surface area contributed by atoms with Gasteiger partial charge in [0, 0.05) is 78.4 Å². The number of carboxylic acid groups (broad SMARTS) is 1. The Labute approximate surface area is 374 Å². The second-order valence-corrected chi connectivity index (χ2v) is 12.1. The normalized spacial score (nSPS) is 13.0. The van der Waals surface area contributed by atoms with Crippen LogP contribution >= 0.6 is 0 Å². The number of hydrogen-bond donors (Lipinski definition) is 13. The number of nitrogens with one attached hydrogen (secondary N) is 5. The molecule has 1 aromatic carbocycles. The van der Waals surface area contributed by atoms with Gasteiger partial charge in [-0.15, -0.1) is 0 Å². The van der Waals surface area contributed by atoms with Gasteiger partial charge >= 0.3 is 5.97 Å². The van der Waals surface area contributed by atoms with Crippen LogP contribution in [0.25, 0.3) is 0 Å². The number of nitrogens with zero attached hydrogens (tertiary/aromatic N) is 1. The van der Waals surface area contributed by atoms with Crippen LogP contribution in [0.1, 0.15) is 63.4 Å². The summed E-state index contributed by atoms with van der Waals surface area (Å²) < 4.78 is 0. The molecule has 3 unspecified atom stereocenters. The zero-order valence-electron chi connectivity index (χ0n) is 31.6. The Bertz CT molecular complexity index is 1260. The molecule has 5 atom stereocenters. The number of amides is 4. The molecular weight excluding hydrogens is 868 g/mol. The van der Waals surface area contributed by atoms with Gasteiger partial charge in [-0.2, -0.15) is 6.42 Å². The number of guanidine groups is 1. The molecule has 19 nitrogen and oxygen atoms in total. The molecule has 0 spiro atoms. The Kier molecular flexibility index (Phi) is 36.1. The first-order valence-corrected chi connectivity index (χ1v) is 17.6. The number of aromatic hydroxyl groups is 1. The Morgan fingerprint density at radius 2 is 1.09 bits per heavy atom. The van der Waals surface area contributed by atoms with E-state index in [1.807, 2.05) is 0 Å². The minimum absolute atomic E-state index is 0. The van der Waals surface area contributed by atoms with Crippen molar-refractivity contribution < 1.29 is 105 Å². The standard InChI is InChI=1S/C31H53N10O8.C3H8N.2Y/c1-36-21(7-2-4-14-32)26(44)38-22(8-3-5-15-33)27(45)40-24(17-19-10-12-20(43)13-11-19)29(47)39-23(9-6-16-37-31(34)35)28(46)41-25(18-42)30(48)49;1-2-3-4;;/h10-13,21-25,36,42-43H,1-9,14-18,32-33H2,(H,38,44)(H,39,47)(H,40,45)(H,41,46)(H,48,49)(H4,34,35,37);1-4H2;;/q2*-1;;/t21?,22-,23-,24?,25?;;;/m0.../s1. The van der Waals surface area contributed by atoms with Crippen LogP contribution in [0.5, 0.6) is 5.75 Å². The molecular formula is C34H61N11O8Y2-2. The van der Waals surface area contributed by atoms with Crippen molar-refractivity contribution in [3.05, 3.63) is 43.8 Å². The summed E-state index contributed by atoms with van der Waals surface area (Å²) in [6.07, 6.45) is 3.99. The van der Waals surface area contributed by atoms with E-state index >= 15 is 0 Å². The molecule has 2 radical (unpaired) electrons. The van der Waals surface area contributed by atoms with Crippen LogP contribution in [-0.2, 0) is 95.8 Å². The van der Waals surface area contributed by atoms with Crippen molar-refractivity contribution in [3.8, 4) is 5.75 Å². The predicted molar refractivity (Wildman–Crippen MR) is 201 cm³/mol. The number of aliphatic imine (C=N–C) groups is 1. The molecule has 0 fully saturated rings. The van der Waals surface area contributed by atoms with Crippen LogP contribution < -0.4 is 55.3 Å². The van der Waals surface area contributed by atoms with Gasteiger partial charge in [0.1, 0.15) is 29.9 Å². The Morgan fingerprint density at radius 3 is 1.51 bits per heavy atom. The second-order valence-electron chi connectivity index (χ2n) is 12.1. The summed E-state index contributed by atoms with van der Waals surface area (Å²) in [4.78, 5) is 69.0. The van der Waals surface area contributed by atoms with Crippen molar-refractivity contribution in [2.75, 3.05) is 32.8 Å². The first kappa shape index (κ1) is 57.0. The van der Waals surface area contributed by atoms with E-state index in [4.69, 9.17) is 28.7 Å². The largest absolute Gasteiger partial charge is 0.508 e. The Hall–Kier alpha value is -2.35. The fourth-order valence-corrected chi connectivity index (χ4v) is 4.70. The molecule has 0 aliphatic rings. The SMILES string of the molecule is [CH2-]CCN.[CH2-]NC(CCCCN)C(=O)N[C@@H](CCCCN)C(=O)NC(Cc1ccc(O)cc1)C(=O)N[C@@H](CCCN=C(N)N)C(=O)NC(CO)C(=O)O.[Y].[Y]. The fraction of sp³-hybridized carbons (Fsp3) is 0.588. The monoisotopic (exact) mass is 929 g/mol.